The summed E-state index contributed by atoms with van der Waals surface area (Å²) in [7, 11) is 0. The van der Waals surface area contributed by atoms with Gasteiger partial charge in [-0.2, -0.15) is 0 Å². The Morgan fingerprint density at radius 2 is 1.85 bits per heavy atom. The lowest BCUT2D eigenvalue weighted by Crippen LogP contribution is -1.91. The number of rotatable bonds is 6. The minimum absolute atomic E-state index is 0.546. The van der Waals surface area contributed by atoms with Gasteiger partial charge in [0.1, 0.15) is 0 Å². The van der Waals surface area contributed by atoms with Gasteiger partial charge in [0, 0.05) is 16.7 Å². The van der Waals surface area contributed by atoms with Crippen molar-refractivity contribution in [1.29, 1.82) is 0 Å². The van der Waals surface area contributed by atoms with E-state index in [0.717, 1.165) is 46.3 Å². The number of aryl methyl sites for hydroxylation is 1. The van der Waals surface area contributed by atoms with E-state index in [-0.39, 0.29) is 0 Å². The molecule has 0 aliphatic carbocycles. The van der Waals surface area contributed by atoms with E-state index in [2.05, 4.69) is 48.3 Å². The maximum atomic E-state index is 5.97. The fourth-order valence-electron chi connectivity index (χ4n) is 2.95. The topological polar surface area (TPSA) is 51.8 Å². The lowest BCUT2D eigenvalue weighted by Gasteiger charge is -2.08. The summed E-state index contributed by atoms with van der Waals surface area (Å²) in [6.07, 6.45) is 2.29. The maximum Gasteiger partial charge on any atom is 0.276 e. The molecule has 2 aromatic heterocycles. The lowest BCUT2D eigenvalue weighted by atomic mass is 10.0. The number of pyridine rings is 1. The Labute approximate surface area is 163 Å². The molecule has 2 aromatic carbocycles. The molecule has 0 saturated heterocycles. The molecule has 0 N–H and O–H groups in total. The molecule has 0 saturated carbocycles. The van der Waals surface area contributed by atoms with Crippen molar-refractivity contribution in [2.45, 2.75) is 31.9 Å². The zero-order chi connectivity index (χ0) is 18.6. The molecule has 4 rings (SSSR count). The molecule has 0 bridgehead atoms. The van der Waals surface area contributed by atoms with Crippen LogP contribution in [0, 0.1) is 6.92 Å². The molecule has 0 amide bonds. The molecule has 4 nitrogen and oxygen atoms in total. The number of aromatic nitrogens is 3. The van der Waals surface area contributed by atoms with Gasteiger partial charge in [0.25, 0.3) is 5.22 Å². The zero-order valence-electron chi connectivity index (χ0n) is 15.5. The number of fused-ring (bicyclic) bond motifs is 1. The van der Waals surface area contributed by atoms with Crippen LogP contribution in [0.25, 0.3) is 33.6 Å². The lowest BCUT2D eigenvalue weighted by molar-refractivity contribution is 0.466. The summed E-state index contributed by atoms with van der Waals surface area (Å²) >= 11 is 1.61. The third kappa shape index (κ3) is 3.88. The highest BCUT2D eigenvalue weighted by atomic mass is 32.2. The number of benzene rings is 2. The van der Waals surface area contributed by atoms with Gasteiger partial charge in [-0.25, -0.2) is 4.98 Å². The minimum Gasteiger partial charge on any atom is -0.411 e. The van der Waals surface area contributed by atoms with Crippen molar-refractivity contribution in [1.82, 2.24) is 15.2 Å². The number of nitrogens with zero attached hydrogens (tertiary/aromatic N) is 3. The third-order valence-electron chi connectivity index (χ3n) is 4.39. The van der Waals surface area contributed by atoms with Gasteiger partial charge in [-0.3, -0.25) is 0 Å². The van der Waals surface area contributed by atoms with Crippen LogP contribution < -0.4 is 0 Å². The number of thioether (sulfide) groups is 1. The Hall–Kier alpha value is -2.66. The smallest absolute Gasteiger partial charge is 0.276 e. The molecule has 0 fully saturated rings. The predicted octanol–water partition coefficient (Wildman–Crippen LogP) is 6.15. The highest BCUT2D eigenvalue weighted by Gasteiger charge is 2.15. The maximum absolute atomic E-state index is 5.97. The summed E-state index contributed by atoms with van der Waals surface area (Å²) in [6, 6.07) is 18.5. The first-order valence-corrected chi connectivity index (χ1v) is 10.2. The Bertz CT molecular complexity index is 1060. The zero-order valence-corrected chi connectivity index (χ0v) is 16.3. The number of hydrogen-bond donors (Lipinski definition) is 0. The van der Waals surface area contributed by atoms with Crippen molar-refractivity contribution in [3.05, 3.63) is 60.2 Å². The van der Waals surface area contributed by atoms with Crippen LogP contribution in [0.1, 0.15) is 25.3 Å². The molecule has 0 aliphatic heterocycles. The third-order valence-corrected chi connectivity index (χ3v) is 5.30. The van der Waals surface area contributed by atoms with E-state index in [4.69, 9.17) is 9.40 Å². The predicted molar refractivity (Wildman–Crippen MR) is 111 cm³/mol. The van der Waals surface area contributed by atoms with E-state index in [9.17, 15) is 0 Å². The van der Waals surface area contributed by atoms with Crippen LogP contribution in [0.3, 0.4) is 0 Å². The molecular formula is C22H21N3OS. The Kier molecular flexibility index (Phi) is 5.21. The normalized spacial score (nSPS) is 11.2. The summed E-state index contributed by atoms with van der Waals surface area (Å²) in [4.78, 5) is 4.85. The SMILES string of the molecule is CCCCSc1nnc(-c2cc(-c3ccccc3)nc3ccc(C)cc23)o1. The monoisotopic (exact) mass is 375 g/mol. The second kappa shape index (κ2) is 7.92. The molecule has 0 radical (unpaired) electrons. The van der Waals surface area contributed by atoms with E-state index < -0.39 is 0 Å². The van der Waals surface area contributed by atoms with Crippen LogP contribution in [0.15, 0.2) is 64.2 Å². The summed E-state index contributed by atoms with van der Waals surface area (Å²) < 4.78 is 5.97. The molecule has 2 heterocycles. The van der Waals surface area contributed by atoms with Crippen molar-refractivity contribution >= 4 is 22.7 Å². The van der Waals surface area contributed by atoms with Crippen LogP contribution in [0.4, 0.5) is 0 Å². The van der Waals surface area contributed by atoms with Gasteiger partial charge in [0.2, 0.25) is 5.89 Å². The van der Waals surface area contributed by atoms with E-state index in [1.54, 1.807) is 11.8 Å². The summed E-state index contributed by atoms with van der Waals surface area (Å²) in [5.41, 5.74) is 5.00. The largest absolute Gasteiger partial charge is 0.411 e. The van der Waals surface area contributed by atoms with Gasteiger partial charge in [-0.1, -0.05) is 67.1 Å². The van der Waals surface area contributed by atoms with Gasteiger partial charge in [-0.15, -0.1) is 10.2 Å². The van der Waals surface area contributed by atoms with E-state index >= 15 is 0 Å². The van der Waals surface area contributed by atoms with Gasteiger partial charge in [0.05, 0.1) is 16.8 Å². The fraction of sp³-hybridized carbons (Fsp3) is 0.227. The highest BCUT2D eigenvalue weighted by molar-refractivity contribution is 7.99. The second-order valence-corrected chi connectivity index (χ2v) is 7.56. The molecule has 0 aliphatic rings. The van der Waals surface area contributed by atoms with E-state index in [1.807, 2.05) is 30.3 Å². The number of hydrogen-bond acceptors (Lipinski definition) is 5. The molecule has 0 spiro atoms. The van der Waals surface area contributed by atoms with Crippen molar-refractivity contribution in [3.8, 4) is 22.7 Å². The summed E-state index contributed by atoms with van der Waals surface area (Å²) in [5.74, 6) is 1.54. The molecule has 4 aromatic rings. The molecular weight excluding hydrogens is 354 g/mol. The molecule has 27 heavy (non-hydrogen) atoms. The van der Waals surface area contributed by atoms with E-state index in [0.29, 0.717) is 11.1 Å². The highest BCUT2D eigenvalue weighted by Crippen LogP contribution is 2.33. The van der Waals surface area contributed by atoms with Crippen molar-refractivity contribution in [2.75, 3.05) is 5.75 Å². The minimum atomic E-state index is 0.546. The molecule has 5 heteroatoms. The molecule has 136 valence electrons. The Morgan fingerprint density at radius 1 is 1.00 bits per heavy atom. The first-order chi connectivity index (χ1) is 13.2. The van der Waals surface area contributed by atoms with Crippen LogP contribution in [0.5, 0.6) is 0 Å². The fourth-order valence-corrected chi connectivity index (χ4v) is 3.80. The van der Waals surface area contributed by atoms with Gasteiger partial charge in [0.15, 0.2) is 0 Å². The summed E-state index contributed by atoms with van der Waals surface area (Å²) in [6.45, 7) is 4.25. The van der Waals surface area contributed by atoms with Crippen molar-refractivity contribution in [3.63, 3.8) is 0 Å². The average Bonchev–Trinajstić information content (AvgIpc) is 3.17. The van der Waals surface area contributed by atoms with Crippen LogP contribution in [-0.4, -0.2) is 20.9 Å². The molecule has 0 atom stereocenters. The summed E-state index contributed by atoms with van der Waals surface area (Å²) in [5, 5.41) is 10.2. The van der Waals surface area contributed by atoms with E-state index in [1.165, 1.54) is 5.56 Å². The standard InChI is InChI=1S/C22H21N3OS/c1-3-4-12-27-22-25-24-21(26-22)18-14-20(16-8-6-5-7-9-16)23-19-11-10-15(2)13-17(18)19/h5-11,13-14H,3-4,12H2,1-2H3. The van der Waals surface area contributed by atoms with Crippen molar-refractivity contribution < 1.29 is 4.42 Å². The van der Waals surface area contributed by atoms with Crippen LogP contribution >= 0.6 is 11.8 Å². The second-order valence-electron chi connectivity index (χ2n) is 6.52. The Morgan fingerprint density at radius 3 is 2.67 bits per heavy atom. The average molecular weight is 375 g/mol. The molecule has 0 unspecified atom stereocenters. The van der Waals surface area contributed by atoms with Gasteiger partial charge < -0.3 is 4.42 Å². The van der Waals surface area contributed by atoms with Gasteiger partial charge >= 0.3 is 0 Å². The van der Waals surface area contributed by atoms with Crippen molar-refractivity contribution in [2.24, 2.45) is 0 Å². The first-order valence-electron chi connectivity index (χ1n) is 9.18. The quantitative estimate of drug-likeness (QED) is 0.299. The van der Waals surface area contributed by atoms with Gasteiger partial charge in [-0.05, 0) is 31.5 Å². The number of unbranched alkanes of at least 4 members (excludes halogenated alkanes) is 1. The van der Waals surface area contributed by atoms with Crippen LogP contribution in [-0.2, 0) is 0 Å². The Balaban J connectivity index is 1.81. The van der Waals surface area contributed by atoms with Crippen LogP contribution in [0.2, 0.25) is 0 Å². The first kappa shape index (κ1) is 17.7.